The molecule has 5 N–H and O–H groups in total. The van der Waals surface area contributed by atoms with Crippen LogP contribution in [-0.4, -0.2) is 42.3 Å². The van der Waals surface area contributed by atoms with Crippen molar-refractivity contribution >= 4 is 23.8 Å². The van der Waals surface area contributed by atoms with E-state index in [9.17, 15) is 14.0 Å². The largest absolute Gasteiger partial charge is 0.448 e. The van der Waals surface area contributed by atoms with E-state index in [-0.39, 0.29) is 25.6 Å². The van der Waals surface area contributed by atoms with E-state index in [1.807, 2.05) is 12.1 Å². The zero-order valence-electron chi connectivity index (χ0n) is 12.5. The molecule has 0 spiro atoms. The van der Waals surface area contributed by atoms with E-state index in [2.05, 4.69) is 5.43 Å². The lowest BCUT2D eigenvalue weighted by Gasteiger charge is -2.30. The van der Waals surface area contributed by atoms with E-state index < -0.39 is 22.8 Å². The molecule has 1 saturated heterocycles. The summed E-state index contributed by atoms with van der Waals surface area (Å²) in [5.41, 5.74) is 15.1. The summed E-state index contributed by atoms with van der Waals surface area (Å²) < 4.78 is 13.0. The minimum atomic E-state index is -1.11. The highest BCUT2D eigenvalue weighted by Crippen LogP contribution is 2.33. The van der Waals surface area contributed by atoms with Gasteiger partial charge in [-0.1, -0.05) is 16.7 Å². The molecule has 0 bridgehead atoms. The van der Waals surface area contributed by atoms with E-state index in [1.165, 1.54) is 11.1 Å². The zero-order valence-corrected chi connectivity index (χ0v) is 12.5. The van der Waals surface area contributed by atoms with E-state index in [1.54, 1.807) is 18.2 Å². The molecule has 0 saturated carbocycles. The number of para-hydroxylation sites is 1. The second-order valence-corrected chi connectivity index (χ2v) is 5.73. The number of hydrogen-bond donors (Lipinski definition) is 3. The average molecular weight is 320 g/mol. The maximum Gasteiger partial charge on any atom is 0.448 e. The lowest BCUT2D eigenvalue weighted by molar-refractivity contribution is 0.165. The molecular formula is C15H19FN5O2+. The van der Waals surface area contributed by atoms with Gasteiger partial charge in [0.25, 0.3) is 0 Å². The number of hydrogen-bond acceptors (Lipinski definition) is 3. The summed E-state index contributed by atoms with van der Waals surface area (Å²) in [5.74, 6) is 0. The molecule has 2 aliphatic heterocycles. The smallest absolute Gasteiger partial charge is 0.328 e. The van der Waals surface area contributed by atoms with Crippen LogP contribution in [0.25, 0.3) is 6.08 Å². The number of primary amides is 1. The molecule has 122 valence electrons. The normalized spacial score (nSPS) is 28.7. The molecule has 0 radical (unpaired) electrons. The predicted molar refractivity (Wildman–Crippen MR) is 84.4 cm³/mol. The van der Waals surface area contributed by atoms with Crippen LogP contribution in [0.15, 0.2) is 30.5 Å². The van der Waals surface area contributed by atoms with Gasteiger partial charge in [0.15, 0.2) is 5.69 Å². The summed E-state index contributed by atoms with van der Waals surface area (Å²) in [6.45, 7) is 0.120. The van der Waals surface area contributed by atoms with E-state index in [0.29, 0.717) is 5.69 Å². The molecule has 4 amide bonds. The van der Waals surface area contributed by atoms with E-state index in [4.69, 9.17) is 11.5 Å². The fourth-order valence-corrected chi connectivity index (χ4v) is 3.11. The Hall–Kier alpha value is -2.45. The minimum Gasteiger partial charge on any atom is -0.328 e. The van der Waals surface area contributed by atoms with Gasteiger partial charge in [-0.15, -0.1) is 0 Å². The maximum absolute atomic E-state index is 13.6. The van der Waals surface area contributed by atoms with Crippen LogP contribution in [-0.2, 0) is 0 Å². The number of carbonyl (C=O) groups is 2. The third-order valence-electron chi connectivity index (χ3n) is 4.31. The van der Waals surface area contributed by atoms with Crippen molar-refractivity contribution in [3.05, 3.63) is 36.0 Å². The van der Waals surface area contributed by atoms with Crippen LogP contribution < -0.4 is 21.5 Å². The first-order valence-electron chi connectivity index (χ1n) is 7.38. The molecule has 1 aromatic carbocycles. The highest BCUT2D eigenvalue weighted by molar-refractivity contribution is 5.96. The van der Waals surface area contributed by atoms with E-state index >= 15 is 0 Å². The molecule has 2 aliphatic rings. The number of halogens is 1. The standard InChI is InChI=1S/C15H18FN5O2/c16-11-7-12(8-17)20(9-11)15(23)19-21(14(18)22)6-5-10-3-1-2-4-13(10)21/h1-6,11-12H,7-9,17H2,(H2-,18,19,22,23)/p+1/t11-,12+,21?/m1/s1. The van der Waals surface area contributed by atoms with Gasteiger partial charge in [-0.05, 0) is 6.07 Å². The van der Waals surface area contributed by atoms with Crippen LogP contribution in [0.3, 0.4) is 0 Å². The molecule has 1 unspecified atom stereocenters. The first kappa shape index (κ1) is 15.4. The molecule has 2 heterocycles. The molecule has 3 atom stereocenters. The summed E-state index contributed by atoms with van der Waals surface area (Å²) >= 11 is 0. The van der Waals surface area contributed by atoms with Crippen LogP contribution in [0, 0.1) is 0 Å². The highest BCUT2D eigenvalue weighted by Gasteiger charge is 2.46. The molecular weight excluding hydrogens is 301 g/mol. The van der Waals surface area contributed by atoms with Crippen LogP contribution in [0.1, 0.15) is 12.0 Å². The average Bonchev–Trinajstić information content (AvgIpc) is 3.09. The van der Waals surface area contributed by atoms with Gasteiger partial charge in [-0.25, -0.2) is 14.0 Å². The highest BCUT2D eigenvalue weighted by atomic mass is 19.1. The summed E-state index contributed by atoms with van der Waals surface area (Å²) in [7, 11) is 0. The zero-order chi connectivity index (χ0) is 16.6. The third-order valence-corrected chi connectivity index (χ3v) is 4.31. The Morgan fingerprint density at radius 2 is 2.13 bits per heavy atom. The molecule has 3 rings (SSSR count). The van der Waals surface area contributed by atoms with E-state index in [0.717, 1.165) is 5.56 Å². The van der Waals surface area contributed by atoms with Gasteiger partial charge >= 0.3 is 12.1 Å². The molecule has 1 aromatic rings. The summed E-state index contributed by atoms with van der Waals surface area (Å²) in [4.78, 5) is 26.0. The van der Waals surface area contributed by atoms with Crippen LogP contribution in [0.4, 0.5) is 19.7 Å². The molecule has 0 aromatic heterocycles. The summed E-state index contributed by atoms with van der Waals surface area (Å²) in [6.07, 6.45) is 2.30. The Balaban J connectivity index is 1.89. The van der Waals surface area contributed by atoms with Crippen molar-refractivity contribution in [2.75, 3.05) is 13.1 Å². The first-order chi connectivity index (χ1) is 11.0. The van der Waals surface area contributed by atoms with Gasteiger partial charge < -0.3 is 16.4 Å². The molecule has 1 fully saturated rings. The number of urea groups is 2. The number of fused-ring (bicyclic) bond motifs is 1. The Kier molecular flexibility index (Phi) is 3.78. The van der Waals surface area contributed by atoms with Crippen LogP contribution >= 0.6 is 0 Å². The topological polar surface area (TPSA) is 101 Å². The fourth-order valence-electron chi connectivity index (χ4n) is 3.11. The minimum absolute atomic E-state index is 0.0438. The number of alkyl halides is 1. The maximum atomic E-state index is 13.6. The first-order valence-corrected chi connectivity index (χ1v) is 7.38. The van der Waals surface area contributed by atoms with Crippen molar-refractivity contribution < 1.29 is 14.0 Å². The van der Waals surface area contributed by atoms with Crippen molar-refractivity contribution in [3.8, 4) is 0 Å². The number of quaternary nitrogens is 1. The Labute approximate surface area is 132 Å². The van der Waals surface area contributed by atoms with Gasteiger partial charge in [0.05, 0.1) is 6.54 Å². The number of likely N-dealkylation sites (tertiary alicyclic amines) is 1. The fraction of sp³-hybridized carbons (Fsp3) is 0.333. The number of rotatable bonds is 1. The van der Waals surface area contributed by atoms with Crippen molar-refractivity contribution in [2.24, 2.45) is 11.5 Å². The Morgan fingerprint density at radius 1 is 1.39 bits per heavy atom. The van der Waals surface area contributed by atoms with Crippen molar-refractivity contribution in [1.29, 1.82) is 0 Å². The second kappa shape index (κ2) is 5.64. The number of amides is 4. The molecule has 23 heavy (non-hydrogen) atoms. The second-order valence-electron chi connectivity index (χ2n) is 5.73. The molecule has 8 heteroatoms. The quantitative estimate of drug-likeness (QED) is 0.674. The SMILES string of the molecule is NC[C@@H]1C[C@@H](F)CN1C(=O)N[N+]1(C(N)=O)C=Cc2ccccc21. The molecule has 7 nitrogen and oxygen atoms in total. The van der Waals surface area contributed by atoms with Gasteiger partial charge in [0, 0.05) is 36.7 Å². The third kappa shape index (κ3) is 2.45. The van der Waals surface area contributed by atoms with Crippen molar-refractivity contribution in [2.45, 2.75) is 18.6 Å². The Bertz CT molecular complexity index is 680. The Morgan fingerprint density at radius 3 is 2.83 bits per heavy atom. The summed E-state index contributed by atoms with van der Waals surface area (Å²) in [6, 6.07) is 5.40. The van der Waals surface area contributed by atoms with Crippen LogP contribution in [0.5, 0.6) is 0 Å². The monoisotopic (exact) mass is 320 g/mol. The molecule has 0 aliphatic carbocycles. The lowest BCUT2D eigenvalue weighted by atomic mass is 10.2. The van der Waals surface area contributed by atoms with Gasteiger partial charge in [0.1, 0.15) is 12.4 Å². The number of carbonyl (C=O) groups excluding carboxylic acids is 2. The number of benzene rings is 1. The number of nitrogens with two attached hydrogens (primary N) is 2. The number of nitrogens with one attached hydrogen (secondary N) is 1. The predicted octanol–water partition coefficient (Wildman–Crippen LogP) is 1.05. The van der Waals surface area contributed by atoms with Crippen LogP contribution in [0.2, 0.25) is 0 Å². The van der Waals surface area contributed by atoms with Crippen molar-refractivity contribution in [1.82, 2.24) is 14.9 Å². The summed E-state index contributed by atoms with van der Waals surface area (Å²) in [5, 5.41) is 0. The van der Waals surface area contributed by atoms with Gasteiger partial charge in [0.2, 0.25) is 0 Å². The van der Waals surface area contributed by atoms with Gasteiger partial charge in [-0.3, -0.25) is 0 Å². The van der Waals surface area contributed by atoms with Crippen molar-refractivity contribution in [3.63, 3.8) is 0 Å². The number of nitrogens with zero attached hydrogens (tertiary/aromatic N) is 2. The lowest BCUT2D eigenvalue weighted by Crippen LogP contribution is -2.65. The van der Waals surface area contributed by atoms with Gasteiger partial charge in [-0.2, -0.15) is 5.43 Å².